The van der Waals surface area contributed by atoms with Crippen LogP contribution in [0.3, 0.4) is 0 Å². The SMILES string of the molecule is Cl.O=C(NCc1ccccc1C(F)(F)F)c1cn(C2CCNCC2)nn1. The molecule has 1 aromatic heterocycles. The molecule has 0 radical (unpaired) electrons. The fourth-order valence-corrected chi connectivity index (χ4v) is 2.85. The maximum absolute atomic E-state index is 13.0. The molecule has 2 N–H and O–H groups in total. The zero-order chi connectivity index (χ0) is 17.9. The van der Waals surface area contributed by atoms with Crippen LogP contribution in [-0.4, -0.2) is 34.0 Å². The summed E-state index contributed by atoms with van der Waals surface area (Å²) in [4.78, 5) is 12.2. The van der Waals surface area contributed by atoms with Crippen molar-refractivity contribution in [1.29, 1.82) is 0 Å². The van der Waals surface area contributed by atoms with Crippen LogP contribution in [0, 0.1) is 0 Å². The predicted octanol–water partition coefficient (Wildman–Crippen LogP) is 2.57. The lowest BCUT2D eigenvalue weighted by atomic mass is 10.1. The monoisotopic (exact) mass is 389 g/mol. The average molecular weight is 390 g/mol. The number of carbonyl (C=O) groups is 1. The van der Waals surface area contributed by atoms with E-state index in [1.807, 2.05) is 0 Å². The van der Waals surface area contributed by atoms with Crippen LogP contribution in [-0.2, 0) is 12.7 Å². The molecule has 2 heterocycles. The molecule has 3 rings (SSSR count). The Morgan fingerprint density at radius 1 is 1.27 bits per heavy atom. The second-order valence-electron chi connectivity index (χ2n) is 5.90. The summed E-state index contributed by atoms with van der Waals surface area (Å²) >= 11 is 0. The minimum Gasteiger partial charge on any atom is -0.346 e. The van der Waals surface area contributed by atoms with Crippen molar-refractivity contribution in [3.05, 3.63) is 47.3 Å². The first-order chi connectivity index (χ1) is 11.9. The van der Waals surface area contributed by atoms with Crippen molar-refractivity contribution in [2.75, 3.05) is 13.1 Å². The third-order valence-electron chi connectivity index (χ3n) is 4.19. The second kappa shape index (κ2) is 8.50. The van der Waals surface area contributed by atoms with Crippen molar-refractivity contribution in [3.63, 3.8) is 0 Å². The van der Waals surface area contributed by atoms with E-state index >= 15 is 0 Å². The average Bonchev–Trinajstić information content (AvgIpc) is 3.10. The molecular formula is C16H19ClF3N5O. The molecule has 1 aromatic carbocycles. The molecule has 0 spiro atoms. The predicted molar refractivity (Wildman–Crippen MR) is 91.0 cm³/mol. The van der Waals surface area contributed by atoms with Crippen LogP contribution in [0.15, 0.2) is 30.5 Å². The smallest absolute Gasteiger partial charge is 0.346 e. The number of hydrogen-bond acceptors (Lipinski definition) is 4. The van der Waals surface area contributed by atoms with E-state index < -0.39 is 17.6 Å². The van der Waals surface area contributed by atoms with Crippen molar-refractivity contribution >= 4 is 18.3 Å². The Hall–Kier alpha value is -2.13. The van der Waals surface area contributed by atoms with Crippen LogP contribution < -0.4 is 10.6 Å². The number of carbonyl (C=O) groups excluding carboxylic acids is 1. The van der Waals surface area contributed by atoms with Gasteiger partial charge in [0.2, 0.25) is 0 Å². The van der Waals surface area contributed by atoms with Crippen molar-refractivity contribution in [3.8, 4) is 0 Å². The summed E-state index contributed by atoms with van der Waals surface area (Å²) in [5, 5.41) is 13.5. The highest BCUT2D eigenvalue weighted by Crippen LogP contribution is 2.31. The Kier molecular flexibility index (Phi) is 6.60. The number of hydrogen-bond donors (Lipinski definition) is 2. The van der Waals surface area contributed by atoms with E-state index in [9.17, 15) is 18.0 Å². The van der Waals surface area contributed by atoms with Gasteiger partial charge in [0, 0.05) is 6.54 Å². The first-order valence-corrected chi connectivity index (χ1v) is 8.01. The molecule has 26 heavy (non-hydrogen) atoms. The van der Waals surface area contributed by atoms with Gasteiger partial charge in [0.15, 0.2) is 5.69 Å². The maximum Gasteiger partial charge on any atom is 0.416 e. The largest absolute Gasteiger partial charge is 0.416 e. The summed E-state index contributed by atoms with van der Waals surface area (Å²) in [7, 11) is 0. The normalized spacial score (nSPS) is 15.3. The Bertz CT molecular complexity index is 743. The highest BCUT2D eigenvalue weighted by molar-refractivity contribution is 5.91. The summed E-state index contributed by atoms with van der Waals surface area (Å²) < 4.78 is 40.5. The van der Waals surface area contributed by atoms with E-state index in [0.29, 0.717) is 0 Å². The van der Waals surface area contributed by atoms with Crippen LogP contribution in [0.4, 0.5) is 13.2 Å². The van der Waals surface area contributed by atoms with Gasteiger partial charge in [0.1, 0.15) is 0 Å². The molecular weight excluding hydrogens is 371 g/mol. The topological polar surface area (TPSA) is 71.8 Å². The Morgan fingerprint density at radius 2 is 1.96 bits per heavy atom. The van der Waals surface area contributed by atoms with Crippen molar-refractivity contribution < 1.29 is 18.0 Å². The zero-order valence-electron chi connectivity index (χ0n) is 13.8. The van der Waals surface area contributed by atoms with Gasteiger partial charge in [-0.3, -0.25) is 4.79 Å². The van der Waals surface area contributed by atoms with Gasteiger partial charge in [-0.15, -0.1) is 17.5 Å². The second-order valence-corrected chi connectivity index (χ2v) is 5.90. The van der Waals surface area contributed by atoms with Gasteiger partial charge in [0.25, 0.3) is 5.91 Å². The Morgan fingerprint density at radius 3 is 2.65 bits per heavy atom. The third kappa shape index (κ3) is 4.73. The fourth-order valence-electron chi connectivity index (χ4n) is 2.85. The molecule has 0 atom stereocenters. The molecule has 1 aliphatic heterocycles. The third-order valence-corrected chi connectivity index (χ3v) is 4.19. The first-order valence-electron chi connectivity index (χ1n) is 8.01. The maximum atomic E-state index is 13.0. The molecule has 0 saturated carbocycles. The van der Waals surface area contributed by atoms with Crippen molar-refractivity contribution in [2.24, 2.45) is 0 Å². The van der Waals surface area contributed by atoms with Crippen LogP contribution >= 0.6 is 12.4 Å². The number of benzene rings is 1. The summed E-state index contributed by atoms with van der Waals surface area (Å²) in [5.74, 6) is -0.544. The zero-order valence-corrected chi connectivity index (χ0v) is 14.6. The van der Waals surface area contributed by atoms with E-state index in [2.05, 4.69) is 20.9 Å². The van der Waals surface area contributed by atoms with Crippen LogP contribution in [0.5, 0.6) is 0 Å². The van der Waals surface area contributed by atoms with Crippen LogP contribution in [0.25, 0.3) is 0 Å². The molecule has 10 heteroatoms. The minimum absolute atomic E-state index is 0. The van der Waals surface area contributed by atoms with E-state index in [-0.39, 0.29) is 36.3 Å². The summed E-state index contributed by atoms with van der Waals surface area (Å²) in [5.41, 5.74) is -0.647. The van der Waals surface area contributed by atoms with Gasteiger partial charge < -0.3 is 10.6 Å². The number of amides is 1. The van der Waals surface area contributed by atoms with E-state index in [4.69, 9.17) is 0 Å². The lowest BCUT2D eigenvalue weighted by molar-refractivity contribution is -0.138. The van der Waals surface area contributed by atoms with Crippen molar-refractivity contribution in [2.45, 2.75) is 31.6 Å². The fraction of sp³-hybridized carbons (Fsp3) is 0.438. The molecule has 1 aliphatic rings. The van der Waals surface area contributed by atoms with Crippen LogP contribution in [0.1, 0.15) is 40.5 Å². The van der Waals surface area contributed by atoms with E-state index in [1.165, 1.54) is 18.2 Å². The number of aromatic nitrogens is 3. The number of rotatable bonds is 4. The molecule has 0 unspecified atom stereocenters. The molecule has 0 bridgehead atoms. The van der Waals surface area contributed by atoms with Crippen LogP contribution in [0.2, 0.25) is 0 Å². The molecule has 2 aromatic rings. The summed E-state index contributed by atoms with van der Waals surface area (Å²) in [6.07, 6.45) is -1.13. The number of alkyl halides is 3. The number of piperidine rings is 1. The number of nitrogens with zero attached hydrogens (tertiary/aromatic N) is 3. The first kappa shape index (κ1) is 20.2. The number of halogens is 4. The molecule has 1 saturated heterocycles. The van der Waals surface area contributed by atoms with Gasteiger partial charge in [-0.25, -0.2) is 4.68 Å². The van der Waals surface area contributed by atoms with Crippen molar-refractivity contribution in [1.82, 2.24) is 25.6 Å². The van der Waals surface area contributed by atoms with Gasteiger partial charge in [-0.1, -0.05) is 23.4 Å². The molecule has 1 amide bonds. The molecule has 142 valence electrons. The number of nitrogens with one attached hydrogen (secondary N) is 2. The molecule has 6 nitrogen and oxygen atoms in total. The highest BCUT2D eigenvalue weighted by Gasteiger charge is 2.32. The quantitative estimate of drug-likeness (QED) is 0.843. The highest BCUT2D eigenvalue weighted by atomic mass is 35.5. The van der Waals surface area contributed by atoms with E-state index in [1.54, 1.807) is 10.9 Å². The molecule has 1 fully saturated rings. The summed E-state index contributed by atoms with van der Waals surface area (Å²) in [6.45, 7) is 1.52. The Balaban J connectivity index is 0.00000243. The standard InChI is InChI=1S/C16H18F3N5O.ClH/c17-16(18,19)13-4-2-1-3-11(13)9-21-15(25)14-10-24(23-22-14)12-5-7-20-8-6-12;/h1-4,10,12,20H,5-9H2,(H,21,25);1H. The van der Waals surface area contributed by atoms with E-state index in [0.717, 1.165) is 32.0 Å². The molecule has 0 aliphatic carbocycles. The Labute approximate surface area is 154 Å². The minimum atomic E-state index is -4.46. The lowest BCUT2D eigenvalue weighted by Crippen LogP contribution is -2.29. The van der Waals surface area contributed by atoms with Gasteiger partial charge in [-0.05, 0) is 37.6 Å². The lowest BCUT2D eigenvalue weighted by Gasteiger charge is -2.22. The summed E-state index contributed by atoms with van der Waals surface area (Å²) in [6, 6.07) is 5.34. The van der Waals surface area contributed by atoms with Gasteiger partial charge in [0.05, 0.1) is 17.8 Å². The van der Waals surface area contributed by atoms with Gasteiger partial charge >= 0.3 is 6.18 Å². The van der Waals surface area contributed by atoms with Gasteiger partial charge in [-0.2, -0.15) is 13.2 Å².